The van der Waals surface area contributed by atoms with Gasteiger partial charge in [-0.2, -0.15) is 18.2 Å². The molecule has 1 N–H and O–H groups in total. The highest BCUT2D eigenvalue weighted by molar-refractivity contribution is 6.31. The molecule has 0 saturated carbocycles. The SMILES string of the molecule is CCC(C)N1CC=Cc2cnc(Nc3ccc(Cl)c(C(F)(F)F)c3)nc21. The second-order valence-corrected chi connectivity index (χ2v) is 6.51. The number of hydrogen-bond donors (Lipinski definition) is 1. The monoisotopic (exact) mass is 382 g/mol. The Morgan fingerprint density at radius 1 is 1.35 bits per heavy atom. The van der Waals surface area contributed by atoms with Gasteiger partial charge in [-0.3, -0.25) is 0 Å². The van der Waals surface area contributed by atoms with E-state index in [0.29, 0.717) is 0 Å². The minimum absolute atomic E-state index is 0.225. The van der Waals surface area contributed by atoms with Gasteiger partial charge in [-0.25, -0.2) is 4.98 Å². The molecular formula is C18H18ClF3N4. The molecule has 0 spiro atoms. The molecule has 1 aromatic carbocycles. The van der Waals surface area contributed by atoms with Crippen molar-refractivity contribution >= 4 is 35.1 Å². The third-order valence-electron chi connectivity index (χ3n) is 4.32. The molecule has 0 bridgehead atoms. The molecule has 8 heteroatoms. The first-order valence-electron chi connectivity index (χ1n) is 8.23. The second kappa shape index (κ2) is 7.15. The summed E-state index contributed by atoms with van der Waals surface area (Å²) in [5.41, 5.74) is 0.212. The zero-order valence-electron chi connectivity index (χ0n) is 14.3. The summed E-state index contributed by atoms with van der Waals surface area (Å²) < 4.78 is 39.0. The third-order valence-corrected chi connectivity index (χ3v) is 4.65. The fourth-order valence-corrected chi connectivity index (χ4v) is 2.95. The lowest BCUT2D eigenvalue weighted by Crippen LogP contribution is -2.35. The fourth-order valence-electron chi connectivity index (χ4n) is 2.73. The number of nitrogens with one attached hydrogen (secondary N) is 1. The lowest BCUT2D eigenvalue weighted by atomic mass is 10.1. The maximum absolute atomic E-state index is 13.0. The number of benzene rings is 1. The van der Waals surface area contributed by atoms with Crippen LogP contribution in [0, 0.1) is 0 Å². The molecule has 1 aromatic heterocycles. The van der Waals surface area contributed by atoms with Gasteiger partial charge in [-0.05, 0) is 31.5 Å². The number of rotatable bonds is 4. The lowest BCUT2D eigenvalue weighted by Gasteiger charge is -2.32. The normalized spacial score (nSPS) is 14.9. The first-order valence-corrected chi connectivity index (χ1v) is 8.61. The van der Waals surface area contributed by atoms with Crippen molar-refractivity contribution in [2.24, 2.45) is 0 Å². The predicted octanol–water partition coefficient (Wildman–Crippen LogP) is 5.52. The van der Waals surface area contributed by atoms with Crippen LogP contribution in [0.15, 0.2) is 30.5 Å². The van der Waals surface area contributed by atoms with Gasteiger partial charge in [0.25, 0.3) is 0 Å². The standard InChI is InChI=1S/C18H18ClF3N4/c1-3-11(2)26-8-4-5-12-10-23-17(25-16(12)26)24-13-6-7-15(19)14(9-13)18(20,21)22/h4-7,9-11H,3,8H2,1-2H3,(H,23,24,25). The molecule has 1 aliphatic rings. The van der Waals surface area contributed by atoms with Crippen molar-refractivity contribution in [1.82, 2.24) is 9.97 Å². The van der Waals surface area contributed by atoms with Crippen molar-refractivity contribution in [1.29, 1.82) is 0 Å². The molecular weight excluding hydrogens is 365 g/mol. The van der Waals surface area contributed by atoms with Crippen molar-refractivity contribution in [2.75, 3.05) is 16.8 Å². The Morgan fingerprint density at radius 2 is 2.12 bits per heavy atom. The number of alkyl halides is 3. The molecule has 0 amide bonds. The van der Waals surface area contributed by atoms with E-state index in [9.17, 15) is 13.2 Å². The molecule has 0 fully saturated rings. The van der Waals surface area contributed by atoms with Crippen LogP contribution < -0.4 is 10.2 Å². The van der Waals surface area contributed by atoms with Crippen LogP contribution in [0.1, 0.15) is 31.4 Å². The molecule has 3 rings (SSSR count). The summed E-state index contributed by atoms with van der Waals surface area (Å²) in [6, 6.07) is 3.91. The maximum Gasteiger partial charge on any atom is 0.417 e. The zero-order chi connectivity index (χ0) is 18.9. The number of halogens is 4. The van der Waals surface area contributed by atoms with Crippen LogP contribution in [-0.2, 0) is 6.18 Å². The Balaban J connectivity index is 1.91. The average molecular weight is 383 g/mol. The van der Waals surface area contributed by atoms with E-state index < -0.39 is 11.7 Å². The van der Waals surface area contributed by atoms with E-state index in [1.165, 1.54) is 12.1 Å². The van der Waals surface area contributed by atoms with E-state index in [0.717, 1.165) is 30.4 Å². The van der Waals surface area contributed by atoms with Crippen LogP contribution in [0.5, 0.6) is 0 Å². The molecule has 2 aromatic rings. The molecule has 138 valence electrons. The van der Waals surface area contributed by atoms with Crippen molar-refractivity contribution in [3.63, 3.8) is 0 Å². The summed E-state index contributed by atoms with van der Waals surface area (Å²) in [6.45, 7) is 4.93. The Hall–Kier alpha value is -2.28. The van der Waals surface area contributed by atoms with E-state index in [-0.39, 0.29) is 22.7 Å². The van der Waals surface area contributed by atoms with Crippen LogP contribution in [-0.4, -0.2) is 22.6 Å². The summed E-state index contributed by atoms with van der Waals surface area (Å²) in [7, 11) is 0. The highest BCUT2D eigenvalue weighted by atomic mass is 35.5. The largest absolute Gasteiger partial charge is 0.417 e. The zero-order valence-corrected chi connectivity index (χ0v) is 15.1. The Kier molecular flexibility index (Phi) is 5.09. The number of aromatic nitrogens is 2. The molecule has 1 atom stereocenters. The van der Waals surface area contributed by atoms with Crippen LogP contribution in [0.4, 0.5) is 30.6 Å². The van der Waals surface area contributed by atoms with Crippen molar-refractivity contribution in [2.45, 2.75) is 32.5 Å². The average Bonchev–Trinajstić information content (AvgIpc) is 2.61. The van der Waals surface area contributed by atoms with Gasteiger partial charge in [-0.15, -0.1) is 0 Å². The van der Waals surface area contributed by atoms with Gasteiger partial charge in [0.15, 0.2) is 0 Å². The summed E-state index contributed by atoms with van der Waals surface area (Å²) in [5, 5.41) is 2.49. The van der Waals surface area contributed by atoms with E-state index in [1.807, 2.05) is 12.2 Å². The van der Waals surface area contributed by atoms with Gasteiger partial charge in [0.1, 0.15) is 5.82 Å². The van der Waals surface area contributed by atoms with Gasteiger partial charge in [0, 0.05) is 30.0 Å². The summed E-state index contributed by atoms with van der Waals surface area (Å²) in [6.07, 6.45) is 2.08. The maximum atomic E-state index is 13.0. The minimum atomic E-state index is -4.52. The first-order chi connectivity index (χ1) is 12.3. The quantitative estimate of drug-likeness (QED) is 0.755. The Morgan fingerprint density at radius 3 is 2.81 bits per heavy atom. The number of hydrogen-bond acceptors (Lipinski definition) is 4. The van der Waals surface area contributed by atoms with Crippen molar-refractivity contribution in [3.05, 3.63) is 46.6 Å². The number of fused-ring (bicyclic) bond motifs is 1. The second-order valence-electron chi connectivity index (χ2n) is 6.10. The van der Waals surface area contributed by atoms with Gasteiger partial charge >= 0.3 is 6.18 Å². The molecule has 0 saturated heterocycles. The Labute approximate surface area is 154 Å². The van der Waals surface area contributed by atoms with Gasteiger partial charge < -0.3 is 10.2 Å². The van der Waals surface area contributed by atoms with E-state index in [2.05, 4.69) is 34.0 Å². The topological polar surface area (TPSA) is 41.1 Å². The predicted molar refractivity (Wildman–Crippen MR) is 97.9 cm³/mol. The van der Waals surface area contributed by atoms with E-state index in [1.54, 1.807) is 6.20 Å². The van der Waals surface area contributed by atoms with Crippen molar-refractivity contribution in [3.8, 4) is 0 Å². The van der Waals surface area contributed by atoms with E-state index >= 15 is 0 Å². The summed E-state index contributed by atoms with van der Waals surface area (Å²) in [4.78, 5) is 10.9. The molecule has 2 heterocycles. The Bertz CT molecular complexity index is 836. The van der Waals surface area contributed by atoms with Crippen molar-refractivity contribution < 1.29 is 13.2 Å². The van der Waals surface area contributed by atoms with Crippen LogP contribution in [0.25, 0.3) is 6.08 Å². The van der Waals surface area contributed by atoms with Crippen LogP contribution >= 0.6 is 11.6 Å². The first kappa shape index (κ1) is 18.5. The van der Waals surface area contributed by atoms with Gasteiger partial charge in [0.2, 0.25) is 5.95 Å². The molecule has 26 heavy (non-hydrogen) atoms. The molecule has 4 nitrogen and oxygen atoms in total. The van der Waals surface area contributed by atoms with Crippen LogP contribution in [0.2, 0.25) is 5.02 Å². The molecule has 1 unspecified atom stereocenters. The van der Waals surface area contributed by atoms with E-state index in [4.69, 9.17) is 11.6 Å². The number of anilines is 3. The summed E-state index contributed by atoms with van der Waals surface area (Å²) in [5.74, 6) is 1.01. The van der Waals surface area contributed by atoms with Gasteiger partial charge in [0.05, 0.1) is 10.6 Å². The lowest BCUT2D eigenvalue weighted by molar-refractivity contribution is -0.137. The van der Waals surface area contributed by atoms with Gasteiger partial charge in [-0.1, -0.05) is 30.7 Å². The number of nitrogens with zero attached hydrogens (tertiary/aromatic N) is 3. The van der Waals surface area contributed by atoms with Crippen LogP contribution in [0.3, 0.4) is 0 Å². The molecule has 0 aliphatic carbocycles. The molecule has 1 aliphatic heterocycles. The fraction of sp³-hybridized carbons (Fsp3) is 0.333. The molecule has 0 radical (unpaired) electrons. The summed E-state index contributed by atoms with van der Waals surface area (Å²) >= 11 is 5.66. The highest BCUT2D eigenvalue weighted by Crippen LogP contribution is 2.36. The minimum Gasteiger partial charge on any atom is -0.350 e. The smallest absolute Gasteiger partial charge is 0.350 e. The third kappa shape index (κ3) is 3.77. The highest BCUT2D eigenvalue weighted by Gasteiger charge is 2.33.